The average Bonchev–Trinajstić information content (AvgIpc) is 2.37. The summed E-state index contributed by atoms with van der Waals surface area (Å²) in [6, 6.07) is 0. The van der Waals surface area contributed by atoms with Crippen molar-refractivity contribution in [2.24, 2.45) is 17.8 Å². The molecular formula is C20H42O2. The third kappa shape index (κ3) is 13.6. The molecule has 2 nitrogen and oxygen atoms in total. The summed E-state index contributed by atoms with van der Waals surface area (Å²) in [5.41, 5.74) is -0.681. The molecule has 0 aliphatic carbocycles. The molecule has 0 fully saturated rings. The van der Waals surface area contributed by atoms with Gasteiger partial charge in [-0.05, 0) is 37.5 Å². The van der Waals surface area contributed by atoms with Crippen molar-refractivity contribution in [3.63, 3.8) is 0 Å². The summed E-state index contributed by atoms with van der Waals surface area (Å²) in [4.78, 5) is 0. The molecule has 0 aliphatic heterocycles. The Kier molecular flexibility index (Phi) is 12.3. The summed E-state index contributed by atoms with van der Waals surface area (Å²) in [6.07, 6.45) is 11.7. The molecular weight excluding hydrogens is 272 g/mol. The van der Waals surface area contributed by atoms with Gasteiger partial charge in [0.2, 0.25) is 0 Å². The van der Waals surface area contributed by atoms with Crippen LogP contribution in [0, 0.1) is 17.8 Å². The molecule has 0 saturated heterocycles. The quantitative estimate of drug-likeness (QED) is 0.441. The van der Waals surface area contributed by atoms with Gasteiger partial charge >= 0.3 is 0 Å². The van der Waals surface area contributed by atoms with Crippen LogP contribution in [0.2, 0.25) is 0 Å². The van der Waals surface area contributed by atoms with Gasteiger partial charge in [0.15, 0.2) is 0 Å². The van der Waals surface area contributed by atoms with Gasteiger partial charge in [0.25, 0.3) is 0 Å². The van der Waals surface area contributed by atoms with Crippen LogP contribution in [0.25, 0.3) is 0 Å². The van der Waals surface area contributed by atoms with E-state index in [1.807, 2.05) is 6.92 Å². The number of aliphatic hydroxyl groups excluding tert-OH is 1. The first kappa shape index (κ1) is 21.9. The van der Waals surface area contributed by atoms with Crippen LogP contribution in [0.1, 0.15) is 98.8 Å². The summed E-state index contributed by atoms with van der Waals surface area (Å²) < 4.78 is 0. The largest absolute Gasteiger partial charge is 0.396 e. The van der Waals surface area contributed by atoms with E-state index >= 15 is 0 Å². The maximum absolute atomic E-state index is 10.0. The van der Waals surface area contributed by atoms with Gasteiger partial charge in [-0.2, -0.15) is 0 Å². The van der Waals surface area contributed by atoms with E-state index in [-0.39, 0.29) is 6.61 Å². The second-order valence-corrected chi connectivity index (χ2v) is 8.33. The van der Waals surface area contributed by atoms with Crippen molar-refractivity contribution in [2.45, 2.75) is 104 Å². The lowest BCUT2D eigenvalue weighted by molar-refractivity contribution is 0.0224. The van der Waals surface area contributed by atoms with Crippen LogP contribution in [0.5, 0.6) is 0 Å². The minimum Gasteiger partial charge on any atom is -0.396 e. The Balaban J connectivity index is 3.58. The lowest BCUT2D eigenvalue weighted by Gasteiger charge is -2.23. The zero-order chi connectivity index (χ0) is 17.0. The van der Waals surface area contributed by atoms with Crippen molar-refractivity contribution in [1.82, 2.24) is 0 Å². The van der Waals surface area contributed by atoms with E-state index in [0.29, 0.717) is 6.42 Å². The molecule has 0 aromatic heterocycles. The molecule has 1 unspecified atom stereocenters. The van der Waals surface area contributed by atoms with Gasteiger partial charge in [-0.3, -0.25) is 0 Å². The van der Waals surface area contributed by atoms with Crippen LogP contribution in [0.4, 0.5) is 0 Å². The Morgan fingerprint density at radius 1 is 0.727 bits per heavy atom. The summed E-state index contributed by atoms with van der Waals surface area (Å²) in [7, 11) is 0. The second-order valence-electron chi connectivity index (χ2n) is 8.33. The molecule has 22 heavy (non-hydrogen) atoms. The Labute approximate surface area is 139 Å². The lowest BCUT2D eigenvalue weighted by atomic mass is 9.89. The van der Waals surface area contributed by atoms with Crippen molar-refractivity contribution in [3.8, 4) is 0 Å². The van der Waals surface area contributed by atoms with Crippen molar-refractivity contribution in [3.05, 3.63) is 0 Å². The first-order valence-corrected chi connectivity index (χ1v) is 9.60. The fraction of sp³-hybridized carbons (Fsp3) is 1.00. The molecule has 2 N–H and O–H groups in total. The molecule has 0 aliphatic rings. The molecule has 0 saturated carbocycles. The van der Waals surface area contributed by atoms with Gasteiger partial charge in [0.05, 0.1) is 5.60 Å². The van der Waals surface area contributed by atoms with Crippen LogP contribution in [-0.2, 0) is 0 Å². The van der Waals surface area contributed by atoms with Gasteiger partial charge in [0.1, 0.15) is 0 Å². The van der Waals surface area contributed by atoms with Crippen LogP contribution in [0.3, 0.4) is 0 Å². The highest BCUT2D eigenvalue weighted by atomic mass is 16.3. The predicted molar refractivity (Wildman–Crippen MR) is 97.0 cm³/mol. The Hall–Kier alpha value is -0.0800. The Bertz CT molecular complexity index is 248. The summed E-state index contributed by atoms with van der Waals surface area (Å²) in [6.45, 7) is 11.3. The molecule has 0 heterocycles. The highest BCUT2D eigenvalue weighted by molar-refractivity contribution is 4.72. The predicted octanol–water partition coefficient (Wildman–Crippen LogP) is 5.56. The fourth-order valence-corrected chi connectivity index (χ4v) is 3.18. The van der Waals surface area contributed by atoms with Gasteiger partial charge in [-0.1, -0.05) is 79.1 Å². The normalized spacial score (nSPS) is 17.5. The van der Waals surface area contributed by atoms with Crippen molar-refractivity contribution < 1.29 is 10.2 Å². The van der Waals surface area contributed by atoms with Crippen molar-refractivity contribution >= 4 is 0 Å². The third-order valence-corrected chi connectivity index (χ3v) is 4.93. The van der Waals surface area contributed by atoms with E-state index < -0.39 is 5.60 Å². The molecule has 134 valence electrons. The van der Waals surface area contributed by atoms with Crippen molar-refractivity contribution in [1.29, 1.82) is 0 Å². The highest BCUT2D eigenvalue weighted by Gasteiger charge is 2.19. The molecule has 0 bridgehead atoms. The summed E-state index contributed by atoms with van der Waals surface area (Å²) in [5.74, 6) is 2.47. The zero-order valence-corrected chi connectivity index (χ0v) is 15.9. The number of hydrogen-bond donors (Lipinski definition) is 2. The standard InChI is InChI=1S/C20H42O2/c1-17(2)9-6-10-18(3)11-7-12-19(4)13-8-14-20(5,22)15-16-21/h17-19,21-22H,6-16H2,1-5H3/t18-,19-,20?/m1/s1. The van der Waals surface area contributed by atoms with Crippen molar-refractivity contribution in [2.75, 3.05) is 6.61 Å². The van der Waals surface area contributed by atoms with E-state index in [0.717, 1.165) is 30.6 Å². The minimum absolute atomic E-state index is 0.0806. The van der Waals surface area contributed by atoms with Crippen LogP contribution < -0.4 is 0 Å². The zero-order valence-electron chi connectivity index (χ0n) is 15.9. The van der Waals surface area contributed by atoms with Gasteiger partial charge in [-0.25, -0.2) is 0 Å². The molecule has 0 aromatic carbocycles. The van der Waals surface area contributed by atoms with E-state index in [9.17, 15) is 5.11 Å². The maximum atomic E-state index is 10.0. The number of rotatable bonds is 14. The van der Waals surface area contributed by atoms with Crippen LogP contribution in [0.15, 0.2) is 0 Å². The fourth-order valence-electron chi connectivity index (χ4n) is 3.18. The van der Waals surface area contributed by atoms with E-state index in [1.165, 1.54) is 44.9 Å². The molecule has 3 atom stereocenters. The van der Waals surface area contributed by atoms with Gasteiger partial charge in [0, 0.05) is 6.61 Å². The molecule has 0 rings (SSSR count). The SMILES string of the molecule is CC(C)CCC[C@@H](C)CCC[C@@H](C)CCCC(C)(O)CCO. The first-order valence-electron chi connectivity index (χ1n) is 9.60. The minimum atomic E-state index is -0.681. The van der Waals surface area contributed by atoms with E-state index in [1.54, 1.807) is 0 Å². The van der Waals surface area contributed by atoms with Crippen LogP contribution in [-0.4, -0.2) is 22.4 Å². The Morgan fingerprint density at radius 2 is 1.18 bits per heavy atom. The highest BCUT2D eigenvalue weighted by Crippen LogP contribution is 2.23. The summed E-state index contributed by atoms with van der Waals surface area (Å²) >= 11 is 0. The average molecular weight is 315 g/mol. The Morgan fingerprint density at radius 3 is 1.64 bits per heavy atom. The first-order chi connectivity index (χ1) is 10.3. The van der Waals surface area contributed by atoms with Gasteiger partial charge in [-0.15, -0.1) is 0 Å². The lowest BCUT2D eigenvalue weighted by Crippen LogP contribution is -2.25. The molecule has 0 aromatic rings. The number of hydrogen-bond acceptors (Lipinski definition) is 2. The van der Waals surface area contributed by atoms with E-state index in [4.69, 9.17) is 5.11 Å². The third-order valence-electron chi connectivity index (χ3n) is 4.93. The smallest absolute Gasteiger partial charge is 0.0641 e. The monoisotopic (exact) mass is 314 g/mol. The topological polar surface area (TPSA) is 40.5 Å². The summed E-state index contributed by atoms with van der Waals surface area (Å²) in [5, 5.41) is 18.9. The van der Waals surface area contributed by atoms with Crippen LogP contribution >= 0.6 is 0 Å². The second kappa shape index (κ2) is 12.4. The molecule has 0 radical (unpaired) electrons. The van der Waals surface area contributed by atoms with E-state index in [2.05, 4.69) is 27.7 Å². The molecule has 2 heteroatoms. The molecule has 0 amide bonds. The van der Waals surface area contributed by atoms with Gasteiger partial charge < -0.3 is 10.2 Å². The molecule has 0 spiro atoms. The number of aliphatic hydroxyl groups is 2. The maximum Gasteiger partial charge on any atom is 0.0641 e.